The molecule has 2 amide bonds. The Balaban J connectivity index is 2.77. The molecule has 4 nitrogen and oxygen atoms in total. The second-order valence-corrected chi connectivity index (χ2v) is 3.36. The smallest absolute Gasteiger partial charge is 0.256 e. The van der Waals surface area contributed by atoms with Crippen molar-refractivity contribution in [2.75, 3.05) is 13.6 Å². The molecule has 0 saturated carbocycles. The molecule has 16 heavy (non-hydrogen) atoms. The highest BCUT2D eigenvalue weighted by Crippen LogP contribution is 2.18. The molecule has 1 aromatic carbocycles. The van der Waals surface area contributed by atoms with Crippen LogP contribution in [0.25, 0.3) is 0 Å². The summed E-state index contributed by atoms with van der Waals surface area (Å²) >= 11 is 5.67. The SMILES string of the molecule is CNC(=O)CNC(=O)c1c(F)cccc1Cl. The van der Waals surface area contributed by atoms with E-state index in [4.69, 9.17) is 11.6 Å². The van der Waals surface area contributed by atoms with Crippen molar-refractivity contribution < 1.29 is 14.0 Å². The third-order valence-corrected chi connectivity index (χ3v) is 2.19. The molecule has 0 atom stereocenters. The van der Waals surface area contributed by atoms with Crippen LogP contribution in [0.4, 0.5) is 4.39 Å². The van der Waals surface area contributed by atoms with Gasteiger partial charge < -0.3 is 10.6 Å². The van der Waals surface area contributed by atoms with E-state index >= 15 is 0 Å². The van der Waals surface area contributed by atoms with Crippen molar-refractivity contribution in [3.05, 3.63) is 34.6 Å². The van der Waals surface area contributed by atoms with Gasteiger partial charge >= 0.3 is 0 Å². The summed E-state index contributed by atoms with van der Waals surface area (Å²) in [6.07, 6.45) is 0. The van der Waals surface area contributed by atoms with Gasteiger partial charge in [0.2, 0.25) is 5.91 Å². The molecule has 0 radical (unpaired) electrons. The lowest BCUT2D eigenvalue weighted by molar-refractivity contribution is -0.119. The Hall–Kier alpha value is -1.62. The first-order valence-corrected chi connectivity index (χ1v) is 4.87. The number of rotatable bonds is 3. The third kappa shape index (κ3) is 2.93. The molecule has 86 valence electrons. The number of halogens is 2. The normalized spacial score (nSPS) is 9.69. The highest BCUT2D eigenvalue weighted by Gasteiger charge is 2.15. The minimum Gasteiger partial charge on any atom is -0.358 e. The molecule has 0 saturated heterocycles. The summed E-state index contributed by atoms with van der Waals surface area (Å²) in [5, 5.41) is 4.59. The Morgan fingerprint density at radius 1 is 1.44 bits per heavy atom. The predicted molar refractivity (Wildman–Crippen MR) is 57.8 cm³/mol. The van der Waals surface area contributed by atoms with Gasteiger partial charge in [0.25, 0.3) is 5.91 Å². The summed E-state index contributed by atoms with van der Waals surface area (Å²) in [7, 11) is 1.44. The maximum atomic E-state index is 13.3. The zero-order chi connectivity index (χ0) is 12.1. The highest BCUT2D eigenvalue weighted by atomic mass is 35.5. The molecule has 1 rings (SSSR count). The van der Waals surface area contributed by atoms with Gasteiger partial charge in [-0.05, 0) is 12.1 Å². The topological polar surface area (TPSA) is 58.2 Å². The fourth-order valence-corrected chi connectivity index (χ4v) is 1.30. The quantitative estimate of drug-likeness (QED) is 0.832. The molecular formula is C10H10ClFN2O2. The fraction of sp³-hybridized carbons (Fsp3) is 0.200. The van der Waals surface area contributed by atoms with E-state index in [1.807, 2.05) is 0 Å². The summed E-state index contributed by atoms with van der Waals surface area (Å²) < 4.78 is 13.3. The van der Waals surface area contributed by atoms with Gasteiger partial charge in [-0.15, -0.1) is 0 Å². The monoisotopic (exact) mass is 244 g/mol. The van der Waals surface area contributed by atoms with Crippen LogP contribution in [-0.2, 0) is 4.79 Å². The third-order valence-electron chi connectivity index (χ3n) is 1.88. The van der Waals surface area contributed by atoms with E-state index < -0.39 is 11.7 Å². The Morgan fingerprint density at radius 2 is 2.12 bits per heavy atom. The molecule has 6 heteroatoms. The number of carbonyl (C=O) groups excluding carboxylic acids is 2. The summed E-state index contributed by atoms with van der Waals surface area (Å²) in [6, 6.07) is 3.92. The van der Waals surface area contributed by atoms with Gasteiger partial charge in [0.1, 0.15) is 5.82 Å². The Labute approximate surface area is 96.8 Å². The summed E-state index contributed by atoms with van der Waals surface area (Å²) in [4.78, 5) is 22.4. The largest absolute Gasteiger partial charge is 0.358 e. The molecule has 0 aliphatic heterocycles. The second-order valence-electron chi connectivity index (χ2n) is 2.95. The number of likely N-dealkylation sites (N-methyl/N-ethyl adjacent to an activating group) is 1. The van der Waals surface area contributed by atoms with E-state index in [0.717, 1.165) is 6.07 Å². The van der Waals surface area contributed by atoms with Crippen LogP contribution < -0.4 is 10.6 Å². The molecular weight excluding hydrogens is 235 g/mol. The first-order valence-electron chi connectivity index (χ1n) is 4.49. The maximum absolute atomic E-state index is 13.3. The van der Waals surface area contributed by atoms with E-state index in [1.54, 1.807) is 0 Å². The van der Waals surface area contributed by atoms with Crippen molar-refractivity contribution in [3.8, 4) is 0 Å². The molecule has 0 fully saturated rings. The van der Waals surface area contributed by atoms with Crippen molar-refractivity contribution in [1.29, 1.82) is 0 Å². The van der Waals surface area contributed by atoms with Crippen LogP contribution in [-0.4, -0.2) is 25.4 Å². The zero-order valence-corrected chi connectivity index (χ0v) is 9.27. The first-order chi connectivity index (χ1) is 7.56. The first kappa shape index (κ1) is 12.4. The van der Waals surface area contributed by atoms with Gasteiger partial charge in [0.15, 0.2) is 0 Å². The minimum atomic E-state index is -0.720. The van der Waals surface area contributed by atoms with E-state index in [-0.39, 0.29) is 23.0 Å². The standard InChI is InChI=1S/C10H10ClFN2O2/c1-13-8(15)5-14-10(16)9-6(11)3-2-4-7(9)12/h2-4H,5H2,1H3,(H,13,15)(H,14,16). The van der Waals surface area contributed by atoms with E-state index in [9.17, 15) is 14.0 Å². The van der Waals surface area contributed by atoms with Crippen molar-refractivity contribution in [1.82, 2.24) is 10.6 Å². The second kappa shape index (κ2) is 5.46. The number of nitrogens with one attached hydrogen (secondary N) is 2. The molecule has 0 aliphatic carbocycles. The van der Waals surface area contributed by atoms with Crippen LogP contribution in [0.5, 0.6) is 0 Å². The predicted octanol–water partition coefficient (Wildman–Crippen LogP) is 0.955. The van der Waals surface area contributed by atoms with Gasteiger partial charge in [0.05, 0.1) is 17.1 Å². The lowest BCUT2D eigenvalue weighted by Gasteiger charge is -2.06. The van der Waals surface area contributed by atoms with Gasteiger partial charge in [-0.25, -0.2) is 4.39 Å². The van der Waals surface area contributed by atoms with Crippen molar-refractivity contribution in [2.24, 2.45) is 0 Å². The van der Waals surface area contributed by atoms with Crippen molar-refractivity contribution in [3.63, 3.8) is 0 Å². The molecule has 0 spiro atoms. The fourth-order valence-electron chi connectivity index (χ4n) is 1.05. The number of hydrogen-bond donors (Lipinski definition) is 2. The minimum absolute atomic E-state index is 0.00871. The summed E-state index contributed by atoms with van der Waals surface area (Å²) in [5.74, 6) is -1.81. The van der Waals surface area contributed by atoms with E-state index in [0.29, 0.717) is 0 Å². The molecule has 0 aliphatic rings. The van der Waals surface area contributed by atoms with Gasteiger partial charge in [-0.1, -0.05) is 17.7 Å². The van der Waals surface area contributed by atoms with Crippen molar-refractivity contribution in [2.45, 2.75) is 0 Å². The Bertz CT molecular complexity index is 403. The number of benzene rings is 1. The average molecular weight is 245 g/mol. The van der Waals surface area contributed by atoms with E-state index in [1.165, 1.54) is 19.2 Å². The lowest BCUT2D eigenvalue weighted by atomic mass is 10.2. The van der Waals surface area contributed by atoms with Gasteiger partial charge in [0, 0.05) is 7.05 Å². The molecule has 2 N–H and O–H groups in total. The molecule has 0 unspecified atom stereocenters. The highest BCUT2D eigenvalue weighted by molar-refractivity contribution is 6.33. The van der Waals surface area contributed by atoms with E-state index in [2.05, 4.69) is 10.6 Å². The van der Waals surface area contributed by atoms with Gasteiger partial charge in [-0.2, -0.15) is 0 Å². The average Bonchev–Trinajstić information content (AvgIpc) is 2.25. The van der Waals surface area contributed by atoms with Crippen LogP contribution in [0.1, 0.15) is 10.4 Å². The summed E-state index contributed by atoms with van der Waals surface area (Å²) in [5.41, 5.74) is -0.256. The van der Waals surface area contributed by atoms with Crippen LogP contribution in [0.2, 0.25) is 5.02 Å². The Morgan fingerprint density at radius 3 is 2.69 bits per heavy atom. The maximum Gasteiger partial charge on any atom is 0.256 e. The van der Waals surface area contributed by atoms with Gasteiger partial charge in [-0.3, -0.25) is 9.59 Å². The van der Waals surface area contributed by atoms with Crippen LogP contribution >= 0.6 is 11.6 Å². The number of amides is 2. The number of carbonyl (C=O) groups is 2. The van der Waals surface area contributed by atoms with Crippen LogP contribution in [0, 0.1) is 5.82 Å². The van der Waals surface area contributed by atoms with Crippen molar-refractivity contribution >= 4 is 23.4 Å². The lowest BCUT2D eigenvalue weighted by Crippen LogP contribution is -2.35. The summed E-state index contributed by atoms with van der Waals surface area (Å²) in [6.45, 7) is -0.222. The zero-order valence-electron chi connectivity index (χ0n) is 8.51. The molecule has 0 heterocycles. The molecule has 0 aromatic heterocycles. The van der Waals surface area contributed by atoms with Crippen LogP contribution in [0.15, 0.2) is 18.2 Å². The molecule has 0 bridgehead atoms. The Kier molecular flexibility index (Phi) is 4.25. The molecule has 1 aromatic rings. The van der Waals surface area contributed by atoms with Crippen LogP contribution in [0.3, 0.4) is 0 Å². The number of hydrogen-bond acceptors (Lipinski definition) is 2.